The van der Waals surface area contributed by atoms with Gasteiger partial charge in [0.15, 0.2) is 0 Å². The predicted octanol–water partition coefficient (Wildman–Crippen LogP) is 4.08. The number of benzene rings is 1. The Bertz CT molecular complexity index is 535. The Hall–Kier alpha value is -1.03. The van der Waals surface area contributed by atoms with Crippen molar-refractivity contribution in [1.82, 2.24) is 0 Å². The largest absolute Gasteiger partial charge is 0.506 e. The number of carbonyl (C=O) groups is 1. The number of aromatic hydroxyl groups is 1. The van der Waals surface area contributed by atoms with Gasteiger partial charge in [-0.3, -0.25) is 4.79 Å². The van der Waals surface area contributed by atoms with Gasteiger partial charge in [-0.25, -0.2) is 0 Å². The van der Waals surface area contributed by atoms with E-state index >= 15 is 0 Å². The molecule has 0 saturated carbocycles. The van der Waals surface area contributed by atoms with Gasteiger partial charge in [-0.05, 0) is 78.6 Å². The third-order valence-corrected chi connectivity index (χ3v) is 4.95. The highest BCUT2D eigenvalue weighted by Gasteiger charge is 2.30. The third kappa shape index (κ3) is 3.00. The van der Waals surface area contributed by atoms with Gasteiger partial charge in [-0.1, -0.05) is 12.5 Å². The van der Waals surface area contributed by atoms with Gasteiger partial charge < -0.3 is 10.2 Å². The van der Waals surface area contributed by atoms with Crippen LogP contribution in [-0.4, -0.2) is 16.2 Å². The van der Waals surface area contributed by atoms with E-state index in [1.54, 1.807) is 13.8 Å². The number of halogens is 1. The molecule has 0 saturated heterocycles. The first-order valence-electron chi connectivity index (χ1n) is 7.08. The summed E-state index contributed by atoms with van der Waals surface area (Å²) < 4.78 is 0.757. The molecule has 0 bridgehead atoms. The summed E-state index contributed by atoms with van der Waals surface area (Å²) in [5, 5.41) is 19.6. The number of rotatable bonds is 3. The summed E-state index contributed by atoms with van der Waals surface area (Å²) in [6.07, 6.45) is 5.83. The lowest BCUT2D eigenvalue weighted by atomic mass is 9.84. The number of aryl methyl sites for hydroxylation is 1. The maximum Gasteiger partial charge on any atom is 0.309 e. The fourth-order valence-electron chi connectivity index (χ4n) is 2.76. The Balaban J connectivity index is 2.43. The second kappa shape index (κ2) is 5.76. The summed E-state index contributed by atoms with van der Waals surface area (Å²) in [5.41, 5.74) is 2.29. The van der Waals surface area contributed by atoms with Gasteiger partial charge in [0.05, 0.1) is 9.89 Å². The average Bonchev–Trinajstić information content (AvgIpc) is 2.60. The summed E-state index contributed by atoms with van der Waals surface area (Å²) in [7, 11) is 0. The second-order valence-corrected chi connectivity index (χ2v) is 7.06. The van der Waals surface area contributed by atoms with Crippen LogP contribution >= 0.6 is 15.9 Å². The lowest BCUT2D eigenvalue weighted by Gasteiger charge is -2.22. The molecule has 1 aromatic rings. The average molecular weight is 341 g/mol. The zero-order valence-electron chi connectivity index (χ0n) is 12.0. The van der Waals surface area contributed by atoms with Crippen LogP contribution in [0.25, 0.3) is 0 Å². The van der Waals surface area contributed by atoms with Gasteiger partial charge in [0.1, 0.15) is 5.75 Å². The second-order valence-electron chi connectivity index (χ2n) is 6.26. The van der Waals surface area contributed by atoms with Crippen molar-refractivity contribution in [1.29, 1.82) is 0 Å². The molecule has 1 aliphatic carbocycles. The normalized spacial score (nSPS) is 15.6. The van der Waals surface area contributed by atoms with Crippen molar-refractivity contribution in [2.75, 3.05) is 0 Å². The molecule has 20 heavy (non-hydrogen) atoms. The van der Waals surface area contributed by atoms with Crippen LogP contribution in [0.2, 0.25) is 0 Å². The fraction of sp³-hybridized carbons (Fsp3) is 0.562. The van der Waals surface area contributed by atoms with Crippen LogP contribution < -0.4 is 0 Å². The van der Waals surface area contributed by atoms with Crippen molar-refractivity contribution >= 4 is 21.9 Å². The molecule has 3 nitrogen and oxygen atoms in total. The topological polar surface area (TPSA) is 57.5 Å². The Morgan fingerprint density at radius 1 is 1.30 bits per heavy atom. The maximum absolute atomic E-state index is 11.3. The van der Waals surface area contributed by atoms with Gasteiger partial charge in [0.25, 0.3) is 0 Å². The van der Waals surface area contributed by atoms with Gasteiger partial charge in [0, 0.05) is 0 Å². The van der Waals surface area contributed by atoms with E-state index in [4.69, 9.17) is 0 Å². The standard InChI is InChI=1S/C16H21BrO3/c1-16(2,15(19)20)9-11-8-10-6-4-3-5-7-12(10)13(17)14(11)18/h8,18H,3-7,9H2,1-2H3,(H,19,20). The molecule has 0 amide bonds. The van der Waals surface area contributed by atoms with E-state index in [0.29, 0.717) is 6.42 Å². The smallest absolute Gasteiger partial charge is 0.309 e. The van der Waals surface area contributed by atoms with Crippen molar-refractivity contribution in [3.05, 3.63) is 27.2 Å². The summed E-state index contributed by atoms with van der Waals surface area (Å²) >= 11 is 3.50. The molecule has 0 heterocycles. The summed E-state index contributed by atoms with van der Waals surface area (Å²) in [6, 6.07) is 2.01. The molecule has 0 atom stereocenters. The highest BCUT2D eigenvalue weighted by Crippen LogP contribution is 2.39. The third-order valence-electron chi connectivity index (χ3n) is 4.10. The number of hydrogen-bond donors (Lipinski definition) is 2. The van der Waals surface area contributed by atoms with E-state index in [1.165, 1.54) is 17.5 Å². The number of hydrogen-bond acceptors (Lipinski definition) is 2. The summed E-state index contributed by atoms with van der Waals surface area (Å²) in [5.74, 6) is -0.636. The zero-order chi connectivity index (χ0) is 14.9. The molecule has 2 N–H and O–H groups in total. The van der Waals surface area contributed by atoms with Crippen LogP contribution in [0.3, 0.4) is 0 Å². The molecule has 0 fully saturated rings. The van der Waals surface area contributed by atoms with Crippen molar-refractivity contribution in [3.63, 3.8) is 0 Å². The number of fused-ring (bicyclic) bond motifs is 1. The molecule has 0 aromatic heterocycles. The van der Waals surface area contributed by atoms with E-state index in [1.807, 2.05) is 6.07 Å². The number of phenols is 1. The van der Waals surface area contributed by atoms with E-state index in [9.17, 15) is 15.0 Å². The van der Waals surface area contributed by atoms with E-state index in [2.05, 4.69) is 15.9 Å². The summed E-state index contributed by atoms with van der Waals surface area (Å²) in [6.45, 7) is 3.38. The molecule has 1 aliphatic rings. The summed E-state index contributed by atoms with van der Waals surface area (Å²) in [4.78, 5) is 11.3. The molecule has 110 valence electrons. The highest BCUT2D eigenvalue weighted by atomic mass is 79.9. The molecular weight excluding hydrogens is 320 g/mol. The van der Waals surface area contributed by atoms with Gasteiger partial charge in [-0.2, -0.15) is 0 Å². The number of phenolic OH excluding ortho intramolecular Hbond substituents is 1. The Labute approximate surface area is 128 Å². The van der Waals surface area contributed by atoms with Crippen LogP contribution in [0.15, 0.2) is 10.5 Å². The van der Waals surface area contributed by atoms with Crippen LogP contribution in [0.1, 0.15) is 49.8 Å². The molecule has 0 spiro atoms. The first-order valence-corrected chi connectivity index (χ1v) is 7.87. The van der Waals surface area contributed by atoms with Gasteiger partial charge >= 0.3 is 5.97 Å². The zero-order valence-corrected chi connectivity index (χ0v) is 13.6. The molecule has 0 radical (unpaired) electrons. The van der Waals surface area contributed by atoms with Crippen LogP contribution in [0.4, 0.5) is 0 Å². The van der Waals surface area contributed by atoms with Gasteiger partial charge in [-0.15, -0.1) is 0 Å². The Morgan fingerprint density at radius 3 is 2.60 bits per heavy atom. The first-order chi connectivity index (χ1) is 9.33. The maximum atomic E-state index is 11.3. The highest BCUT2D eigenvalue weighted by molar-refractivity contribution is 9.10. The number of aliphatic carboxylic acids is 1. The number of carboxylic acids is 1. The molecular formula is C16H21BrO3. The minimum atomic E-state index is -0.879. The Kier molecular flexibility index (Phi) is 4.43. The van der Waals surface area contributed by atoms with Crippen molar-refractivity contribution in [2.24, 2.45) is 5.41 Å². The van der Waals surface area contributed by atoms with Crippen LogP contribution in [0.5, 0.6) is 5.75 Å². The fourth-order valence-corrected chi connectivity index (χ4v) is 3.47. The van der Waals surface area contributed by atoms with Crippen LogP contribution in [0, 0.1) is 5.41 Å². The minimum Gasteiger partial charge on any atom is -0.506 e. The SMILES string of the molecule is CC(C)(Cc1cc2c(c(Br)c1O)CCCCC2)C(=O)O. The van der Waals surface area contributed by atoms with E-state index in [0.717, 1.165) is 35.7 Å². The van der Waals surface area contributed by atoms with Crippen molar-refractivity contribution in [2.45, 2.75) is 52.4 Å². The Morgan fingerprint density at radius 2 is 1.95 bits per heavy atom. The van der Waals surface area contributed by atoms with Crippen molar-refractivity contribution < 1.29 is 15.0 Å². The molecule has 4 heteroatoms. The van der Waals surface area contributed by atoms with Crippen molar-refractivity contribution in [3.8, 4) is 5.75 Å². The van der Waals surface area contributed by atoms with Gasteiger partial charge in [0.2, 0.25) is 0 Å². The molecule has 1 aromatic carbocycles. The predicted molar refractivity (Wildman–Crippen MR) is 82.2 cm³/mol. The van der Waals surface area contributed by atoms with E-state index in [-0.39, 0.29) is 5.75 Å². The monoisotopic (exact) mass is 340 g/mol. The molecule has 2 rings (SSSR count). The lowest BCUT2D eigenvalue weighted by Crippen LogP contribution is -2.26. The molecule has 0 aliphatic heterocycles. The number of carboxylic acid groups (broad SMARTS) is 1. The van der Waals surface area contributed by atoms with Crippen LogP contribution in [-0.2, 0) is 24.1 Å². The molecule has 0 unspecified atom stereocenters. The van der Waals surface area contributed by atoms with E-state index < -0.39 is 11.4 Å². The quantitative estimate of drug-likeness (QED) is 0.815. The minimum absolute atomic E-state index is 0.208. The lowest BCUT2D eigenvalue weighted by molar-refractivity contribution is -0.146. The first kappa shape index (κ1) is 15.4.